The summed E-state index contributed by atoms with van der Waals surface area (Å²) in [5.41, 5.74) is -1.27. The first-order valence-corrected chi connectivity index (χ1v) is 5.01. The van der Waals surface area contributed by atoms with E-state index in [1.54, 1.807) is 18.5 Å². The van der Waals surface area contributed by atoms with Gasteiger partial charge in [0.25, 0.3) is 0 Å². The molecule has 0 N–H and O–H groups in total. The third-order valence-electron chi connectivity index (χ3n) is 1.77. The van der Waals surface area contributed by atoms with Gasteiger partial charge in [0.2, 0.25) is 5.41 Å². The van der Waals surface area contributed by atoms with Gasteiger partial charge in [-0.2, -0.15) is 5.26 Å². The summed E-state index contributed by atoms with van der Waals surface area (Å²) >= 11 is 1.27. The van der Waals surface area contributed by atoms with E-state index in [-0.39, 0.29) is 6.61 Å². The van der Waals surface area contributed by atoms with Gasteiger partial charge in [0.1, 0.15) is 5.01 Å². The SMILES string of the molecule is CCOC(=O)C(C)(C#N)c1nccs1. The number of carbonyl (C=O) groups excluding carboxylic acids is 1. The molecule has 0 fully saturated rings. The number of rotatable bonds is 3. The summed E-state index contributed by atoms with van der Waals surface area (Å²) in [6, 6.07) is 1.94. The number of nitriles is 1. The molecule has 0 saturated heterocycles. The van der Waals surface area contributed by atoms with Crippen molar-refractivity contribution in [3.05, 3.63) is 16.6 Å². The van der Waals surface area contributed by atoms with Crippen LogP contribution in [0.5, 0.6) is 0 Å². The van der Waals surface area contributed by atoms with Crippen molar-refractivity contribution < 1.29 is 9.53 Å². The molecule has 1 rings (SSSR count). The van der Waals surface area contributed by atoms with Crippen molar-refractivity contribution in [1.29, 1.82) is 5.26 Å². The highest BCUT2D eigenvalue weighted by atomic mass is 32.1. The number of thiazole rings is 1. The molecule has 74 valence electrons. The van der Waals surface area contributed by atoms with E-state index in [0.29, 0.717) is 5.01 Å². The van der Waals surface area contributed by atoms with Crippen molar-refractivity contribution >= 4 is 17.3 Å². The first kappa shape index (κ1) is 10.7. The zero-order chi connectivity index (χ0) is 10.6. The maximum absolute atomic E-state index is 11.5. The molecule has 1 heterocycles. The summed E-state index contributed by atoms with van der Waals surface area (Å²) in [6.45, 7) is 3.49. The molecule has 0 aliphatic rings. The number of esters is 1. The van der Waals surface area contributed by atoms with Crippen LogP contribution in [0.15, 0.2) is 11.6 Å². The van der Waals surface area contributed by atoms with Gasteiger partial charge in [-0.3, -0.25) is 0 Å². The highest BCUT2D eigenvalue weighted by molar-refractivity contribution is 7.09. The molecular formula is C9H10N2O2S. The molecule has 0 aliphatic carbocycles. The van der Waals surface area contributed by atoms with E-state index in [0.717, 1.165) is 0 Å². The van der Waals surface area contributed by atoms with E-state index < -0.39 is 11.4 Å². The lowest BCUT2D eigenvalue weighted by Crippen LogP contribution is -2.32. The van der Waals surface area contributed by atoms with Gasteiger partial charge in [0.05, 0.1) is 12.7 Å². The Hall–Kier alpha value is -1.41. The second kappa shape index (κ2) is 4.20. The van der Waals surface area contributed by atoms with E-state index in [1.807, 2.05) is 6.07 Å². The molecule has 1 unspecified atom stereocenters. The van der Waals surface area contributed by atoms with Crippen LogP contribution in [0.1, 0.15) is 18.9 Å². The Morgan fingerprint density at radius 1 is 1.86 bits per heavy atom. The topological polar surface area (TPSA) is 63.0 Å². The quantitative estimate of drug-likeness (QED) is 0.709. The predicted molar refractivity (Wildman–Crippen MR) is 51.7 cm³/mol. The van der Waals surface area contributed by atoms with Crippen molar-refractivity contribution in [3.8, 4) is 6.07 Å². The van der Waals surface area contributed by atoms with Crippen LogP contribution < -0.4 is 0 Å². The van der Waals surface area contributed by atoms with Crippen LogP contribution >= 0.6 is 11.3 Å². The summed E-state index contributed by atoms with van der Waals surface area (Å²) in [4.78, 5) is 15.5. The highest BCUT2D eigenvalue weighted by Crippen LogP contribution is 2.26. The molecule has 0 aliphatic heterocycles. The average Bonchev–Trinajstić information content (AvgIpc) is 2.70. The normalized spacial score (nSPS) is 14.1. The third-order valence-corrected chi connectivity index (χ3v) is 2.76. The van der Waals surface area contributed by atoms with Crippen molar-refractivity contribution in [2.24, 2.45) is 0 Å². The van der Waals surface area contributed by atoms with E-state index in [9.17, 15) is 4.79 Å². The second-order valence-corrected chi connectivity index (χ2v) is 3.69. The summed E-state index contributed by atoms with van der Waals surface area (Å²) in [5.74, 6) is -0.544. The minimum absolute atomic E-state index is 0.265. The standard InChI is InChI=1S/C9H10N2O2S/c1-3-13-8(12)9(2,6-10)7-11-4-5-14-7/h4-5H,3H2,1-2H3. The fraction of sp³-hybridized carbons (Fsp3) is 0.444. The largest absolute Gasteiger partial charge is 0.464 e. The molecule has 0 radical (unpaired) electrons. The highest BCUT2D eigenvalue weighted by Gasteiger charge is 2.39. The summed E-state index contributed by atoms with van der Waals surface area (Å²) in [5, 5.41) is 11.2. The second-order valence-electron chi connectivity index (χ2n) is 2.79. The molecule has 1 aromatic heterocycles. The van der Waals surface area contributed by atoms with Gasteiger partial charge in [0, 0.05) is 11.6 Å². The van der Waals surface area contributed by atoms with Crippen LogP contribution in [0, 0.1) is 11.3 Å². The van der Waals surface area contributed by atoms with Gasteiger partial charge < -0.3 is 4.74 Å². The van der Waals surface area contributed by atoms with Gasteiger partial charge in [-0.05, 0) is 13.8 Å². The molecule has 0 aromatic carbocycles. The van der Waals surface area contributed by atoms with Crippen molar-refractivity contribution in [2.75, 3.05) is 6.61 Å². The lowest BCUT2D eigenvalue weighted by molar-refractivity contribution is -0.147. The molecule has 0 bridgehead atoms. The van der Waals surface area contributed by atoms with Crippen LogP contribution in [0.2, 0.25) is 0 Å². The maximum Gasteiger partial charge on any atom is 0.333 e. The molecule has 0 amide bonds. The predicted octanol–water partition coefficient (Wildman–Crippen LogP) is 1.49. The van der Waals surface area contributed by atoms with Gasteiger partial charge in [0.15, 0.2) is 0 Å². The van der Waals surface area contributed by atoms with Crippen molar-refractivity contribution in [1.82, 2.24) is 4.98 Å². The Morgan fingerprint density at radius 2 is 2.57 bits per heavy atom. The molecule has 4 nitrogen and oxygen atoms in total. The van der Waals surface area contributed by atoms with Crippen LogP contribution in [0.25, 0.3) is 0 Å². The van der Waals surface area contributed by atoms with E-state index in [4.69, 9.17) is 10.00 Å². The first-order valence-electron chi connectivity index (χ1n) is 4.13. The van der Waals surface area contributed by atoms with Crippen LogP contribution in [0.4, 0.5) is 0 Å². The van der Waals surface area contributed by atoms with Crippen molar-refractivity contribution in [3.63, 3.8) is 0 Å². The number of ether oxygens (including phenoxy) is 1. The zero-order valence-corrected chi connectivity index (χ0v) is 8.80. The first-order chi connectivity index (χ1) is 6.65. The summed E-state index contributed by atoms with van der Waals surface area (Å²) < 4.78 is 4.83. The Labute approximate surface area is 86.1 Å². The Bertz CT molecular complexity index is 355. The Kier molecular flexibility index (Phi) is 3.20. The lowest BCUT2D eigenvalue weighted by atomic mass is 9.94. The number of aromatic nitrogens is 1. The third kappa shape index (κ3) is 1.75. The van der Waals surface area contributed by atoms with E-state index in [1.165, 1.54) is 18.3 Å². The van der Waals surface area contributed by atoms with Crippen LogP contribution in [-0.4, -0.2) is 17.6 Å². The van der Waals surface area contributed by atoms with Crippen LogP contribution in [-0.2, 0) is 14.9 Å². The average molecular weight is 210 g/mol. The molecule has 0 saturated carbocycles. The van der Waals surface area contributed by atoms with Crippen molar-refractivity contribution in [2.45, 2.75) is 19.3 Å². The van der Waals surface area contributed by atoms with Gasteiger partial charge in [-0.25, -0.2) is 9.78 Å². The minimum atomic E-state index is -1.27. The number of hydrogen-bond donors (Lipinski definition) is 0. The number of hydrogen-bond acceptors (Lipinski definition) is 5. The zero-order valence-electron chi connectivity index (χ0n) is 7.98. The van der Waals surface area contributed by atoms with Gasteiger partial charge >= 0.3 is 5.97 Å². The number of nitrogens with zero attached hydrogens (tertiary/aromatic N) is 2. The lowest BCUT2D eigenvalue weighted by Gasteiger charge is -2.15. The molecule has 1 aromatic rings. The Balaban J connectivity index is 3.00. The Morgan fingerprint density at radius 3 is 3.00 bits per heavy atom. The monoisotopic (exact) mass is 210 g/mol. The summed E-state index contributed by atoms with van der Waals surface area (Å²) in [6.07, 6.45) is 1.56. The maximum atomic E-state index is 11.5. The minimum Gasteiger partial charge on any atom is -0.464 e. The fourth-order valence-electron chi connectivity index (χ4n) is 0.927. The van der Waals surface area contributed by atoms with E-state index in [2.05, 4.69) is 4.98 Å². The molecule has 1 atom stereocenters. The fourth-order valence-corrected chi connectivity index (χ4v) is 1.66. The van der Waals surface area contributed by atoms with Gasteiger partial charge in [-0.1, -0.05) is 0 Å². The molecule has 14 heavy (non-hydrogen) atoms. The number of carbonyl (C=O) groups is 1. The molecule has 0 spiro atoms. The smallest absolute Gasteiger partial charge is 0.333 e. The van der Waals surface area contributed by atoms with Gasteiger partial charge in [-0.15, -0.1) is 11.3 Å². The molecular weight excluding hydrogens is 200 g/mol. The summed E-state index contributed by atoms with van der Waals surface area (Å²) in [7, 11) is 0. The molecule has 5 heteroatoms. The van der Waals surface area contributed by atoms with Crippen LogP contribution in [0.3, 0.4) is 0 Å². The van der Waals surface area contributed by atoms with E-state index >= 15 is 0 Å².